The van der Waals surface area contributed by atoms with E-state index in [0.29, 0.717) is 21.8 Å². The van der Waals surface area contributed by atoms with Crippen molar-refractivity contribution in [2.75, 3.05) is 5.32 Å². The Bertz CT molecular complexity index is 782. The van der Waals surface area contributed by atoms with Crippen molar-refractivity contribution in [3.8, 4) is 0 Å². The summed E-state index contributed by atoms with van der Waals surface area (Å²) in [6, 6.07) is 6.77. The lowest BCUT2D eigenvalue weighted by Crippen LogP contribution is -2.40. The second kappa shape index (κ2) is 7.01. The van der Waals surface area contributed by atoms with Crippen LogP contribution in [0.2, 0.25) is 5.02 Å². The minimum atomic E-state index is -0.368. The number of nitrogens with zero attached hydrogens (tertiary/aromatic N) is 1. The molecule has 2 rings (SSSR count). The van der Waals surface area contributed by atoms with Gasteiger partial charge >= 0.3 is 0 Å². The number of hydrogen-bond donors (Lipinski definition) is 2. The Morgan fingerprint density at radius 3 is 2.29 bits per heavy atom. The lowest BCUT2D eigenvalue weighted by molar-refractivity contribution is 0.0919. The highest BCUT2D eigenvalue weighted by molar-refractivity contribution is 6.31. The van der Waals surface area contributed by atoms with Gasteiger partial charge < -0.3 is 10.6 Å². The maximum Gasteiger partial charge on any atom is 0.257 e. The zero-order valence-electron chi connectivity index (χ0n) is 14.1. The Labute approximate surface area is 146 Å². The molecule has 2 N–H and O–H groups in total. The number of halogens is 1. The number of carbonyl (C=O) groups is 2. The third-order valence-electron chi connectivity index (χ3n) is 3.20. The Balaban J connectivity index is 2.20. The molecule has 0 aliphatic rings. The van der Waals surface area contributed by atoms with E-state index in [0.717, 1.165) is 5.56 Å². The fourth-order valence-electron chi connectivity index (χ4n) is 2.02. The number of rotatable bonds is 3. The molecule has 0 aliphatic heterocycles. The van der Waals surface area contributed by atoms with Gasteiger partial charge in [0.05, 0.1) is 11.1 Å². The smallest absolute Gasteiger partial charge is 0.257 e. The fourth-order valence-corrected chi connectivity index (χ4v) is 2.20. The molecular formula is C18H20ClN3O2. The highest BCUT2D eigenvalue weighted by Crippen LogP contribution is 2.21. The quantitative estimate of drug-likeness (QED) is 0.888. The minimum absolute atomic E-state index is 0.274. The van der Waals surface area contributed by atoms with Gasteiger partial charge in [0, 0.05) is 28.6 Å². The molecule has 1 aromatic heterocycles. The number of nitrogens with one attached hydrogen (secondary N) is 2. The summed E-state index contributed by atoms with van der Waals surface area (Å²) in [5.41, 5.74) is 1.78. The average Bonchev–Trinajstić information content (AvgIpc) is 2.49. The summed E-state index contributed by atoms with van der Waals surface area (Å²) in [6.45, 7) is 7.53. The molecule has 0 bridgehead atoms. The summed E-state index contributed by atoms with van der Waals surface area (Å²) in [4.78, 5) is 28.6. The molecule has 0 unspecified atom stereocenters. The molecule has 126 valence electrons. The molecule has 0 spiro atoms. The van der Waals surface area contributed by atoms with Crippen molar-refractivity contribution in [1.29, 1.82) is 0 Å². The summed E-state index contributed by atoms with van der Waals surface area (Å²) < 4.78 is 0. The molecule has 0 atom stereocenters. The highest BCUT2D eigenvalue weighted by atomic mass is 35.5. The highest BCUT2D eigenvalue weighted by Gasteiger charge is 2.17. The molecule has 1 heterocycles. The normalized spacial score (nSPS) is 11.0. The first-order valence-corrected chi connectivity index (χ1v) is 7.88. The summed E-state index contributed by atoms with van der Waals surface area (Å²) in [6.07, 6.45) is 2.85. The number of pyridine rings is 1. The summed E-state index contributed by atoms with van der Waals surface area (Å²) in [5, 5.41) is 6.16. The minimum Gasteiger partial charge on any atom is -0.347 e. The third-order valence-corrected chi connectivity index (χ3v) is 3.43. The van der Waals surface area contributed by atoms with E-state index in [2.05, 4.69) is 15.6 Å². The summed E-state index contributed by atoms with van der Waals surface area (Å²) in [5.74, 6) is -0.623. The van der Waals surface area contributed by atoms with Crippen molar-refractivity contribution in [2.24, 2.45) is 0 Å². The SMILES string of the molecule is Cc1ccc(Cl)cc1NC(=O)c1cncc(C(=O)NC(C)(C)C)c1. The molecule has 2 aromatic rings. The standard InChI is InChI=1S/C18H20ClN3O2/c1-11-5-6-14(19)8-15(11)21-16(23)12-7-13(10-20-9-12)17(24)22-18(2,3)4/h5-10H,1-4H3,(H,21,23)(H,22,24). The third kappa shape index (κ3) is 4.80. The number of aromatic nitrogens is 1. The number of carbonyl (C=O) groups excluding carboxylic acids is 2. The molecule has 24 heavy (non-hydrogen) atoms. The van der Waals surface area contributed by atoms with E-state index in [1.165, 1.54) is 18.5 Å². The van der Waals surface area contributed by atoms with Crippen LogP contribution in [0.25, 0.3) is 0 Å². The van der Waals surface area contributed by atoms with Crippen LogP contribution in [0, 0.1) is 6.92 Å². The Morgan fingerprint density at radius 2 is 1.67 bits per heavy atom. The van der Waals surface area contributed by atoms with Crippen molar-refractivity contribution in [1.82, 2.24) is 10.3 Å². The summed E-state index contributed by atoms with van der Waals surface area (Å²) >= 11 is 5.96. The molecule has 2 amide bonds. The van der Waals surface area contributed by atoms with E-state index in [1.807, 2.05) is 33.8 Å². The van der Waals surface area contributed by atoms with E-state index in [1.54, 1.807) is 12.1 Å². The van der Waals surface area contributed by atoms with E-state index in [9.17, 15) is 9.59 Å². The van der Waals surface area contributed by atoms with Gasteiger partial charge in [-0.15, -0.1) is 0 Å². The average molecular weight is 346 g/mol. The van der Waals surface area contributed by atoms with Gasteiger partial charge in [-0.2, -0.15) is 0 Å². The Morgan fingerprint density at radius 1 is 1.04 bits per heavy atom. The van der Waals surface area contributed by atoms with Crippen LogP contribution in [0.3, 0.4) is 0 Å². The van der Waals surface area contributed by atoms with Gasteiger partial charge in [0.1, 0.15) is 0 Å². The molecule has 6 heteroatoms. The first-order chi connectivity index (χ1) is 11.2. The molecule has 0 saturated carbocycles. The van der Waals surface area contributed by atoms with Crippen LogP contribution in [0.5, 0.6) is 0 Å². The van der Waals surface area contributed by atoms with Crippen LogP contribution in [0.1, 0.15) is 47.1 Å². The van der Waals surface area contributed by atoms with Gasteiger partial charge in [-0.05, 0) is 51.5 Å². The van der Waals surface area contributed by atoms with Gasteiger partial charge in [-0.1, -0.05) is 17.7 Å². The predicted molar refractivity (Wildman–Crippen MR) is 95.6 cm³/mol. The number of amides is 2. The maximum atomic E-state index is 12.4. The van der Waals surface area contributed by atoms with Crippen LogP contribution >= 0.6 is 11.6 Å². The Kier molecular flexibility index (Phi) is 5.24. The molecule has 5 nitrogen and oxygen atoms in total. The van der Waals surface area contributed by atoms with E-state index in [-0.39, 0.29) is 17.4 Å². The molecule has 1 aromatic carbocycles. The molecule has 0 radical (unpaired) electrons. The van der Waals surface area contributed by atoms with Crippen LogP contribution in [0.4, 0.5) is 5.69 Å². The maximum absolute atomic E-state index is 12.4. The molecular weight excluding hydrogens is 326 g/mol. The number of benzene rings is 1. The summed E-state index contributed by atoms with van der Waals surface area (Å²) in [7, 11) is 0. The number of aryl methyl sites for hydroxylation is 1. The molecule has 0 saturated heterocycles. The number of hydrogen-bond acceptors (Lipinski definition) is 3. The largest absolute Gasteiger partial charge is 0.347 e. The Hall–Kier alpha value is -2.40. The predicted octanol–water partition coefficient (Wildman–Crippen LogP) is 3.82. The van der Waals surface area contributed by atoms with E-state index in [4.69, 9.17) is 11.6 Å². The van der Waals surface area contributed by atoms with Crippen molar-refractivity contribution in [3.05, 3.63) is 58.4 Å². The van der Waals surface area contributed by atoms with Crippen LogP contribution in [0.15, 0.2) is 36.7 Å². The van der Waals surface area contributed by atoms with Crippen molar-refractivity contribution < 1.29 is 9.59 Å². The first kappa shape index (κ1) is 17.9. The van der Waals surface area contributed by atoms with E-state index >= 15 is 0 Å². The molecule has 0 fully saturated rings. The van der Waals surface area contributed by atoms with Crippen LogP contribution in [-0.2, 0) is 0 Å². The second-order valence-electron chi connectivity index (χ2n) is 6.58. The second-order valence-corrected chi connectivity index (χ2v) is 7.02. The van der Waals surface area contributed by atoms with Crippen LogP contribution in [-0.4, -0.2) is 22.3 Å². The van der Waals surface area contributed by atoms with Gasteiger partial charge in [0.15, 0.2) is 0 Å². The van der Waals surface area contributed by atoms with Gasteiger partial charge in [0.2, 0.25) is 0 Å². The van der Waals surface area contributed by atoms with Crippen molar-refractivity contribution in [3.63, 3.8) is 0 Å². The zero-order valence-corrected chi connectivity index (χ0v) is 14.9. The first-order valence-electron chi connectivity index (χ1n) is 7.51. The topological polar surface area (TPSA) is 71.1 Å². The van der Waals surface area contributed by atoms with E-state index < -0.39 is 0 Å². The van der Waals surface area contributed by atoms with Gasteiger partial charge in [0.25, 0.3) is 11.8 Å². The van der Waals surface area contributed by atoms with Gasteiger partial charge in [-0.3, -0.25) is 14.6 Å². The lowest BCUT2D eigenvalue weighted by Gasteiger charge is -2.20. The monoisotopic (exact) mass is 345 g/mol. The fraction of sp³-hybridized carbons (Fsp3) is 0.278. The van der Waals surface area contributed by atoms with Crippen LogP contribution < -0.4 is 10.6 Å². The van der Waals surface area contributed by atoms with Crippen molar-refractivity contribution >= 4 is 29.1 Å². The zero-order chi connectivity index (χ0) is 17.9. The van der Waals surface area contributed by atoms with Gasteiger partial charge in [-0.25, -0.2) is 0 Å². The van der Waals surface area contributed by atoms with Crippen molar-refractivity contribution in [2.45, 2.75) is 33.2 Å². The molecule has 0 aliphatic carbocycles. The lowest BCUT2D eigenvalue weighted by atomic mass is 10.1. The number of anilines is 1.